The van der Waals surface area contributed by atoms with Crippen LogP contribution < -0.4 is 16.8 Å². The van der Waals surface area contributed by atoms with E-state index >= 15 is 0 Å². The zero-order valence-electron chi connectivity index (χ0n) is 28.3. The van der Waals surface area contributed by atoms with Crippen LogP contribution in [0.1, 0.15) is 111 Å². The lowest BCUT2D eigenvalue weighted by Crippen LogP contribution is -2.70. The molecule has 0 aromatic carbocycles. The molecule has 1 aliphatic carbocycles. The van der Waals surface area contributed by atoms with Gasteiger partial charge in [0, 0.05) is 32.6 Å². The number of likely N-dealkylation sites (tertiary alicyclic amines) is 1. The van der Waals surface area contributed by atoms with E-state index in [1.807, 2.05) is 0 Å². The second-order valence-electron chi connectivity index (χ2n) is 14.9. The molecule has 0 bridgehead atoms. The number of rotatable bonds is 10. The third-order valence-corrected chi connectivity index (χ3v) is 10.2. The minimum absolute atomic E-state index is 0.00454. The highest BCUT2D eigenvalue weighted by Crippen LogP contribution is 2.49. The number of carbonyl (C=O) groups is 5. The van der Waals surface area contributed by atoms with Crippen LogP contribution in [0.25, 0.3) is 0 Å². The van der Waals surface area contributed by atoms with Gasteiger partial charge in [-0.05, 0) is 44.4 Å². The van der Waals surface area contributed by atoms with Crippen molar-refractivity contribution in [3.63, 3.8) is 0 Å². The summed E-state index contributed by atoms with van der Waals surface area (Å²) < 4.78 is 12.6. The summed E-state index contributed by atoms with van der Waals surface area (Å²) in [7, 11) is 0. The van der Waals surface area contributed by atoms with E-state index in [0.29, 0.717) is 18.7 Å². The summed E-state index contributed by atoms with van der Waals surface area (Å²) in [5.41, 5.74) is 5.69. The number of carbonyl (C=O) groups excluding carboxylic acids is 5. The van der Waals surface area contributed by atoms with Crippen molar-refractivity contribution in [3.8, 4) is 0 Å². The summed E-state index contributed by atoms with van der Waals surface area (Å²) in [6.45, 7) is 8.96. The summed E-state index contributed by atoms with van der Waals surface area (Å²) in [6.07, 6.45) is 4.63. The molecular formula is C32H51N7O8. The third-order valence-electron chi connectivity index (χ3n) is 10.2. The van der Waals surface area contributed by atoms with Crippen LogP contribution in [0, 0.1) is 11.3 Å². The van der Waals surface area contributed by atoms with Crippen molar-refractivity contribution in [3.05, 3.63) is 11.9 Å². The van der Waals surface area contributed by atoms with Crippen molar-refractivity contribution in [1.29, 1.82) is 0 Å². The molecule has 1 saturated carbocycles. The van der Waals surface area contributed by atoms with Gasteiger partial charge in [0.15, 0.2) is 6.10 Å². The summed E-state index contributed by atoms with van der Waals surface area (Å²) in [4.78, 5) is 69.0. The first kappa shape index (κ1) is 36.2. The molecule has 3 aliphatic rings. The van der Waals surface area contributed by atoms with Crippen molar-refractivity contribution in [2.75, 3.05) is 19.8 Å². The lowest BCUT2D eigenvalue weighted by Gasteiger charge is -2.48. The van der Waals surface area contributed by atoms with Gasteiger partial charge in [0.25, 0.3) is 11.8 Å². The van der Waals surface area contributed by atoms with Gasteiger partial charge >= 0.3 is 6.09 Å². The maximum atomic E-state index is 15.0. The second kappa shape index (κ2) is 13.9. The molecule has 4 rings (SSSR count). The molecule has 15 heteroatoms. The maximum Gasteiger partial charge on any atom is 0.405 e. The number of nitrogens with two attached hydrogens (primary N) is 2. The smallest absolute Gasteiger partial charge is 0.405 e. The van der Waals surface area contributed by atoms with Crippen LogP contribution >= 0.6 is 0 Å². The highest BCUT2D eigenvalue weighted by molar-refractivity contribution is 6.39. The lowest BCUT2D eigenvalue weighted by molar-refractivity contribution is -0.160. The Morgan fingerprint density at radius 3 is 2.34 bits per heavy atom. The Bertz CT molecular complexity index is 1340. The van der Waals surface area contributed by atoms with Crippen LogP contribution in [0.15, 0.2) is 6.20 Å². The first-order chi connectivity index (χ1) is 21.9. The predicted molar refractivity (Wildman–Crippen MR) is 168 cm³/mol. The molecule has 1 aromatic rings. The van der Waals surface area contributed by atoms with Crippen molar-refractivity contribution in [2.24, 2.45) is 22.8 Å². The summed E-state index contributed by atoms with van der Waals surface area (Å²) in [5, 5.41) is 22.1. The minimum atomic E-state index is -1.67. The predicted octanol–water partition coefficient (Wildman–Crippen LogP) is 1.61. The van der Waals surface area contributed by atoms with E-state index in [-0.39, 0.29) is 44.8 Å². The van der Waals surface area contributed by atoms with Gasteiger partial charge in [-0.1, -0.05) is 58.1 Å². The average molecular weight is 662 g/mol. The van der Waals surface area contributed by atoms with Crippen molar-refractivity contribution in [1.82, 2.24) is 25.2 Å². The van der Waals surface area contributed by atoms with E-state index in [2.05, 4.69) is 15.6 Å². The number of hydrogen-bond donors (Lipinski definition) is 4. The fraction of sp³-hybridized carbons (Fsp3) is 0.781. The highest BCUT2D eigenvalue weighted by atomic mass is 16.6. The van der Waals surface area contributed by atoms with Gasteiger partial charge in [-0.2, -0.15) is 0 Å². The summed E-state index contributed by atoms with van der Waals surface area (Å²) in [6, 6.07) is -0.656. The van der Waals surface area contributed by atoms with E-state index in [1.54, 1.807) is 34.6 Å². The number of nitrogens with one attached hydrogen (secondary N) is 1. The fourth-order valence-electron chi connectivity index (χ4n) is 7.70. The molecule has 262 valence electrons. The number of primary amides is 2. The number of nitrogens with zero attached hydrogens (tertiary/aromatic N) is 4. The molecule has 2 saturated heterocycles. The molecule has 47 heavy (non-hydrogen) atoms. The average Bonchev–Trinajstić information content (AvgIpc) is 3.58. The number of aliphatic hydroxyl groups is 1. The maximum absolute atomic E-state index is 15.0. The standard InChI is InChI=1S/C32H51N7O8/c1-29(2,3)32(27(43)36-31(24(40)25(33)41)12-9-14-46-15-13-31)17-21(39-23(18-35-37-39)30(4,5)45)19-38(32)26(42)22(47-28(34)44)16-20-10-7-6-8-11-20/h18,20-22,45H,6-17,19H2,1-5H3,(H2,33,41)(H2,34,44)(H,36,43)/t21-,22+,31+,32+/m0/s1. The van der Waals surface area contributed by atoms with Gasteiger partial charge in [0.1, 0.15) is 16.7 Å². The van der Waals surface area contributed by atoms with Gasteiger partial charge in [-0.3, -0.25) is 19.2 Å². The zero-order valence-corrected chi connectivity index (χ0v) is 28.3. The molecule has 4 amide bonds. The minimum Gasteiger partial charge on any atom is -0.436 e. The molecule has 6 N–H and O–H groups in total. The number of aromatic nitrogens is 3. The SMILES string of the molecule is CC(C)(O)c1cnnn1[C@@H]1CN(C(=O)[C@@H](CC2CCCCC2)OC(N)=O)[C@](C(=O)N[C@]2(C(=O)C(N)=O)CCCOCC2)(C(C)(C)C)C1. The fourth-order valence-corrected chi connectivity index (χ4v) is 7.70. The van der Waals surface area contributed by atoms with Gasteiger partial charge in [0.2, 0.25) is 11.7 Å². The number of ether oxygens (including phenoxy) is 2. The summed E-state index contributed by atoms with van der Waals surface area (Å²) in [5.74, 6) is -3.29. The molecular weight excluding hydrogens is 610 g/mol. The number of Topliss-reactive ketones (excluding diaryl/α,β-unsaturated/α-hetero) is 1. The Balaban J connectivity index is 1.85. The Hall–Kier alpha value is -3.59. The Morgan fingerprint density at radius 1 is 1.06 bits per heavy atom. The largest absolute Gasteiger partial charge is 0.436 e. The Morgan fingerprint density at radius 2 is 1.74 bits per heavy atom. The van der Waals surface area contributed by atoms with Crippen LogP contribution in [0.2, 0.25) is 0 Å². The van der Waals surface area contributed by atoms with Crippen LogP contribution in [-0.2, 0) is 34.3 Å². The molecule has 0 spiro atoms. The Labute approximate surface area is 275 Å². The van der Waals surface area contributed by atoms with Gasteiger partial charge < -0.3 is 36.3 Å². The zero-order chi connectivity index (χ0) is 34.8. The number of amides is 4. The molecule has 4 atom stereocenters. The molecule has 1 aromatic heterocycles. The van der Waals surface area contributed by atoms with E-state index in [9.17, 15) is 29.1 Å². The van der Waals surface area contributed by atoms with E-state index < -0.39 is 63.8 Å². The van der Waals surface area contributed by atoms with Crippen LogP contribution in [0.5, 0.6) is 0 Å². The normalized spacial score (nSPS) is 26.7. The van der Waals surface area contributed by atoms with Crippen LogP contribution in [-0.4, -0.2) is 91.5 Å². The van der Waals surface area contributed by atoms with E-state index in [4.69, 9.17) is 20.9 Å². The first-order valence-corrected chi connectivity index (χ1v) is 16.6. The van der Waals surface area contributed by atoms with Gasteiger partial charge in [-0.15, -0.1) is 5.10 Å². The monoisotopic (exact) mass is 661 g/mol. The molecule has 2 aliphatic heterocycles. The van der Waals surface area contributed by atoms with Crippen molar-refractivity contribution >= 4 is 29.6 Å². The molecule has 3 fully saturated rings. The molecule has 15 nitrogen and oxygen atoms in total. The molecule has 3 heterocycles. The lowest BCUT2D eigenvalue weighted by atomic mass is 9.69. The first-order valence-electron chi connectivity index (χ1n) is 16.6. The quantitative estimate of drug-likeness (QED) is 0.265. The van der Waals surface area contributed by atoms with E-state index in [0.717, 1.165) is 32.1 Å². The third kappa shape index (κ3) is 7.45. The summed E-state index contributed by atoms with van der Waals surface area (Å²) >= 11 is 0. The topological polar surface area (TPSA) is 222 Å². The highest BCUT2D eigenvalue weighted by Gasteiger charge is 2.63. The van der Waals surface area contributed by atoms with E-state index in [1.165, 1.54) is 15.8 Å². The molecule has 0 unspecified atom stereocenters. The Kier molecular flexibility index (Phi) is 10.7. The number of hydrogen-bond acceptors (Lipinski definition) is 10. The van der Waals surface area contributed by atoms with Crippen molar-refractivity contribution < 1.29 is 38.6 Å². The van der Waals surface area contributed by atoms with Crippen LogP contribution in [0.3, 0.4) is 0 Å². The van der Waals surface area contributed by atoms with Gasteiger partial charge in [-0.25, -0.2) is 9.48 Å². The second-order valence-corrected chi connectivity index (χ2v) is 14.9. The molecule has 0 radical (unpaired) electrons. The van der Waals surface area contributed by atoms with Crippen LogP contribution in [0.4, 0.5) is 4.79 Å². The van der Waals surface area contributed by atoms with Crippen molar-refractivity contribution in [2.45, 2.75) is 128 Å². The van der Waals surface area contributed by atoms with Gasteiger partial charge in [0.05, 0.1) is 17.9 Å². The number of ketones is 1.